The van der Waals surface area contributed by atoms with Gasteiger partial charge in [-0.1, -0.05) is 35.9 Å². The van der Waals surface area contributed by atoms with Gasteiger partial charge in [0.05, 0.1) is 25.5 Å². The van der Waals surface area contributed by atoms with Gasteiger partial charge in [-0.2, -0.15) is 4.98 Å². The number of benzene rings is 2. The SMILES string of the molecule is COc1ccc([C@@H]2C[C@@H](c3ccc(Cl)cc3)n3nc(NC(=O)c4ccco4)nc3N2)cc1. The van der Waals surface area contributed by atoms with E-state index >= 15 is 0 Å². The number of ether oxygens (including phenoxy) is 1. The van der Waals surface area contributed by atoms with Crippen molar-refractivity contribution in [3.8, 4) is 5.75 Å². The minimum atomic E-state index is -0.410. The van der Waals surface area contributed by atoms with Crippen molar-refractivity contribution < 1.29 is 13.9 Å². The molecule has 0 aliphatic carbocycles. The molecule has 5 rings (SSSR count). The highest BCUT2D eigenvalue weighted by Crippen LogP contribution is 2.38. The van der Waals surface area contributed by atoms with E-state index in [1.54, 1.807) is 23.9 Å². The Bertz CT molecular complexity index is 1220. The second kappa shape index (κ2) is 8.39. The van der Waals surface area contributed by atoms with Crippen molar-refractivity contribution in [3.05, 3.63) is 88.8 Å². The lowest BCUT2D eigenvalue weighted by atomic mass is 9.93. The molecule has 3 heterocycles. The fraction of sp³-hybridized carbons (Fsp3) is 0.174. The highest BCUT2D eigenvalue weighted by molar-refractivity contribution is 6.30. The van der Waals surface area contributed by atoms with Gasteiger partial charge in [0.25, 0.3) is 11.9 Å². The van der Waals surface area contributed by atoms with Crippen LogP contribution < -0.4 is 15.4 Å². The summed E-state index contributed by atoms with van der Waals surface area (Å²) in [6.45, 7) is 0. The third-order valence-electron chi connectivity index (χ3n) is 5.43. The van der Waals surface area contributed by atoms with Crippen molar-refractivity contribution in [2.24, 2.45) is 0 Å². The van der Waals surface area contributed by atoms with Crippen LogP contribution in [-0.4, -0.2) is 27.8 Å². The Hall–Kier alpha value is -3.78. The average Bonchev–Trinajstić information content (AvgIpc) is 3.49. The first-order valence-electron chi connectivity index (χ1n) is 10.1. The highest BCUT2D eigenvalue weighted by Gasteiger charge is 2.31. The summed E-state index contributed by atoms with van der Waals surface area (Å²) in [6, 6.07) is 18.7. The average molecular weight is 450 g/mol. The molecule has 1 aliphatic heterocycles. The number of carbonyl (C=O) groups excluding carboxylic acids is 1. The van der Waals surface area contributed by atoms with Crippen LogP contribution in [0.2, 0.25) is 5.02 Å². The number of hydrogen-bond donors (Lipinski definition) is 2. The topological polar surface area (TPSA) is 94.2 Å². The molecule has 0 bridgehead atoms. The summed E-state index contributed by atoms with van der Waals surface area (Å²) < 4.78 is 12.2. The Morgan fingerprint density at radius 1 is 1.16 bits per heavy atom. The maximum absolute atomic E-state index is 12.4. The van der Waals surface area contributed by atoms with Crippen LogP contribution in [0.3, 0.4) is 0 Å². The number of halogens is 1. The van der Waals surface area contributed by atoms with E-state index in [4.69, 9.17) is 20.8 Å². The minimum absolute atomic E-state index is 0.00749. The van der Waals surface area contributed by atoms with Crippen LogP contribution in [-0.2, 0) is 0 Å². The molecule has 2 atom stereocenters. The van der Waals surface area contributed by atoms with Gasteiger partial charge in [0.1, 0.15) is 5.75 Å². The molecule has 2 N–H and O–H groups in total. The number of aromatic nitrogens is 3. The fourth-order valence-corrected chi connectivity index (χ4v) is 3.94. The van der Waals surface area contributed by atoms with Crippen molar-refractivity contribution in [1.82, 2.24) is 14.8 Å². The maximum Gasteiger partial charge on any atom is 0.293 e. The van der Waals surface area contributed by atoms with E-state index in [9.17, 15) is 4.79 Å². The van der Waals surface area contributed by atoms with E-state index in [1.807, 2.05) is 48.5 Å². The van der Waals surface area contributed by atoms with Crippen molar-refractivity contribution in [3.63, 3.8) is 0 Å². The Morgan fingerprint density at radius 3 is 2.59 bits per heavy atom. The summed E-state index contributed by atoms with van der Waals surface area (Å²) in [5.74, 6) is 1.34. The van der Waals surface area contributed by atoms with Gasteiger partial charge in [0, 0.05) is 5.02 Å². The number of nitrogens with one attached hydrogen (secondary N) is 2. The Kier molecular flexibility index (Phi) is 5.28. The molecule has 162 valence electrons. The number of nitrogens with zero attached hydrogens (tertiary/aromatic N) is 3. The van der Waals surface area contributed by atoms with Crippen LogP contribution in [0, 0.1) is 0 Å². The Balaban J connectivity index is 1.48. The molecule has 2 aromatic carbocycles. The van der Waals surface area contributed by atoms with E-state index in [2.05, 4.69) is 20.7 Å². The lowest BCUT2D eigenvalue weighted by molar-refractivity contribution is 0.0995. The normalized spacial score (nSPS) is 17.3. The molecular weight excluding hydrogens is 430 g/mol. The summed E-state index contributed by atoms with van der Waals surface area (Å²) in [4.78, 5) is 16.9. The first kappa shape index (κ1) is 20.1. The number of methoxy groups -OCH3 is 1. The predicted molar refractivity (Wildman–Crippen MR) is 120 cm³/mol. The zero-order valence-electron chi connectivity index (χ0n) is 17.2. The van der Waals surface area contributed by atoms with Crippen molar-refractivity contribution in [1.29, 1.82) is 0 Å². The van der Waals surface area contributed by atoms with Gasteiger partial charge in [-0.05, 0) is 53.9 Å². The van der Waals surface area contributed by atoms with Crippen molar-refractivity contribution in [2.75, 3.05) is 17.7 Å². The van der Waals surface area contributed by atoms with Crippen LogP contribution >= 0.6 is 11.6 Å². The van der Waals surface area contributed by atoms with Crippen molar-refractivity contribution in [2.45, 2.75) is 18.5 Å². The predicted octanol–water partition coefficient (Wildman–Crippen LogP) is 4.93. The first-order chi connectivity index (χ1) is 15.6. The van der Waals surface area contributed by atoms with Gasteiger partial charge in [-0.25, -0.2) is 4.68 Å². The Labute approximate surface area is 189 Å². The molecule has 0 unspecified atom stereocenters. The quantitative estimate of drug-likeness (QED) is 0.448. The van der Waals surface area contributed by atoms with Crippen LogP contribution in [0.5, 0.6) is 5.75 Å². The maximum atomic E-state index is 12.4. The summed E-state index contributed by atoms with van der Waals surface area (Å²) in [5.41, 5.74) is 2.14. The van der Waals surface area contributed by atoms with E-state index in [0.717, 1.165) is 23.3 Å². The number of carbonyl (C=O) groups is 1. The highest BCUT2D eigenvalue weighted by atomic mass is 35.5. The summed E-state index contributed by atoms with van der Waals surface area (Å²) in [6.07, 6.45) is 2.17. The summed E-state index contributed by atoms with van der Waals surface area (Å²) >= 11 is 6.10. The molecule has 0 radical (unpaired) electrons. The number of rotatable bonds is 5. The number of amides is 1. The van der Waals surface area contributed by atoms with Crippen molar-refractivity contribution >= 4 is 29.4 Å². The lowest BCUT2D eigenvalue weighted by Gasteiger charge is -2.31. The Morgan fingerprint density at radius 2 is 1.91 bits per heavy atom. The standard InChI is InChI=1S/C23H20ClN5O3/c1-31-17-10-6-14(7-11-17)18-13-19(15-4-8-16(24)9-5-15)29-23(25-18)27-22(28-29)26-21(30)20-3-2-12-32-20/h2-12,18-19H,13H2,1H3,(H2,25,26,27,28,30)/t18-,19-/m0/s1. The van der Waals surface area contributed by atoms with Gasteiger partial charge >= 0.3 is 0 Å². The van der Waals surface area contributed by atoms with Crippen LogP contribution in [0.1, 0.15) is 40.2 Å². The first-order valence-corrected chi connectivity index (χ1v) is 10.5. The molecule has 1 amide bonds. The molecule has 0 fully saturated rings. The molecule has 4 aromatic rings. The molecule has 1 aliphatic rings. The lowest BCUT2D eigenvalue weighted by Crippen LogP contribution is -2.28. The third kappa shape index (κ3) is 3.92. The summed E-state index contributed by atoms with van der Waals surface area (Å²) in [5, 5.41) is 11.4. The number of fused-ring (bicyclic) bond motifs is 1. The van der Waals surface area contributed by atoms with E-state index in [0.29, 0.717) is 11.0 Å². The number of anilines is 2. The fourth-order valence-electron chi connectivity index (χ4n) is 3.82. The molecule has 9 heteroatoms. The molecule has 2 aromatic heterocycles. The van der Waals surface area contributed by atoms with Crippen LogP contribution in [0.4, 0.5) is 11.9 Å². The molecule has 0 saturated heterocycles. The molecule has 0 saturated carbocycles. The number of furan rings is 1. The van der Waals surface area contributed by atoms with E-state index in [-0.39, 0.29) is 23.8 Å². The number of hydrogen-bond acceptors (Lipinski definition) is 6. The smallest absolute Gasteiger partial charge is 0.293 e. The summed E-state index contributed by atoms with van der Waals surface area (Å²) in [7, 11) is 1.64. The monoisotopic (exact) mass is 449 g/mol. The van der Waals surface area contributed by atoms with Gasteiger partial charge in [0.2, 0.25) is 5.95 Å². The van der Waals surface area contributed by atoms with Gasteiger partial charge in [0.15, 0.2) is 5.76 Å². The second-order valence-corrected chi connectivity index (χ2v) is 7.84. The third-order valence-corrected chi connectivity index (χ3v) is 5.68. The van der Waals surface area contributed by atoms with E-state index in [1.165, 1.54) is 6.26 Å². The minimum Gasteiger partial charge on any atom is -0.497 e. The molecule has 32 heavy (non-hydrogen) atoms. The van der Waals surface area contributed by atoms with Gasteiger partial charge < -0.3 is 14.5 Å². The molecule has 8 nitrogen and oxygen atoms in total. The zero-order chi connectivity index (χ0) is 22.1. The molecule has 0 spiro atoms. The second-order valence-electron chi connectivity index (χ2n) is 7.41. The van der Waals surface area contributed by atoms with Crippen LogP contribution in [0.25, 0.3) is 0 Å². The van der Waals surface area contributed by atoms with Gasteiger partial charge in [-0.15, -0.1) is 5.10 Å². The van der Waals surface area contributed by atoms with Crippen LogP contribution in [0.15, 0.2) is 71.3 Å². The van der Waals surface area contributed by atoms with Gasteiger partial charge in [-0.3, -0.25) is 10.1 Å². The van der Waals surface area contributed by atoms with E-state index < -0.39 is 5.91 Å². The molecular formula is C23H20ClN5O3. The largest absolute Gasteiger partial charge is 0.497 e. The zero-order valence-corrected chi connectivity index (χ0v) is 17.9.